The van der Waals surface area contributed by atoms with E-state index in [2.05, 4.69) is 13.5 Å². The second kappa shape index (κ2) is 9.64. The third-order valence-electron chi connectivity index (χ3n) is 7.05. The van der Waals surface area contributed by atoms with Gasteiger partial charge >= 0.3 is 0 Å². The zero-order valence-electron chi connectivity index (χ0n) is 20.2. The lowest BCUT2D eigenvalue weighted by Gasteiger charge is -2.37. The maximum Gasteiger partial charge on any atom is 0.290 e. The molecule has 3 heterocycles. The fourth-order valence-corrected chi connectivity index (χ4v) is 5.44. The number of hydrogen-bond donors (Lipinski definition) is 0. The minimum absolute atomic E-state index is 0.0213. The third kappa shape index (κ3) is 4.24. The number of amides is 1. The normalized spacial score (nSPS) is 25.7. The van der Waals surface area contributed by atoms with Crippen LogP contribution in [0.2, 0.25) is 0 Å². The topological polar surface area (TPSA) is 78.2 Å². The summed E-state index contributed by atoms with van der Waals surface area (Å²) in [5.41, 5.74) is 1.21. The summed E-state index contributed by atoms with van der Waals surface area (Å²) in [5.74, 6) is 1.93. The van der Waals surface area contributed by atoms with Gasteiger partial charge in [-0.25, -0.2) is 0 Å². The maximum absolute atomic E-state index is 13.9. The number of nitrogens with zero attached hydrogens (tertiary/aromatic N) is 1. The Morgan fingerprint density at radius 1 is 1.17 bits per heavy atom. The van der Waals surface area contributed by atoms with Crippen LogP contribution in [0, 0.1) is 11.8 Å². The summed E-state index contributed by atoms with van der Waals surface area (Å²) in [5, 5.41) is 0. The van der Waals surface area contributed by atoms with Crippen LogP contribution < -0.4 is 9.47 Å². The summed E-state index contributed by atoms with van der Waals surface area (Å²) < 4.78 is 23.4. The van der Waals surface area contributed by atoms with Gasteiger partial charge < -0.3 is 23.5 Å². The number of fused-ring (bicyclic) bond motifs is 1. The molecule has 1 aromatic carbocycles. The van der Waals surface area contributed by atoms with Crippen molar-refractivity contribution in [3.8, 4) is 11.5 Å². The highest BCUT2D eigenvalue weighted by atomic mass is 16.5. The van der Waals surface area contributed by atoms with Gasteiger partial charge in [-0.2, -0.15) is 0 Å². The molecule has 35 heavy (non-hydrogen) atoms. The molecule has 3 aliphatic rings. The molecule has 1 fully saturated rings. The summed E-state index contributed by atoms with van der Waals surface area (Å²) in [4.78, 5) is 29.2. The first-order valence-corrected chi connectivity index (χ1v) is 12.3. The summed E-state index contributed by atoms with van der Waals surface area (Å²) in [6, 6.07) is 8.57. The Morgan fingerprint density at radius 2 is 2.03 bits per heavy atom. The Hall–Kier alpha value is -3.48. The van der Waals surface area contributed by atoms with Crippen molar-refractivity contribution in [2.75, 3.05) is 13.2 Å². The van der Waals surface area contributed by atoms with Crippen LogP contribution in [0.4, 0.5) is 0 Å². The molecule has 4 atom stereocenters. The molecule has 0 radical (unpaired) electrons. The van der Waals surface area contributed by atoms with Crippen molar-refractivity contribution in [2.45, 2.75) is 51.8 Å². The molecule has 1 saturated carbocycles. The number of hydrogen-bond acceptors (Lipinski definition) is 6. The number of rotatable bonds is 8. The highest BCUT2D eigenvalue weighted by molar-refractivity contribution is 6.11. The molecular weight excluding hydrogens is 446 g/mol. The van der Waals surface area contributed by atoms with Crippen LogP contribution in [0.15, 0.2) is 65.0 Å². The predicted molar refractivity (Wildman–Crippen MR) is 129 cm³/mol. The second-order valence-electron chi connectivity index (χ2n) is 9.44. The fraction of sp³-hybridized carbons (Fsp3) is 0.429. The van der Waals surface area contributed by atoms with Gasteiger partial charge in [-0.15, -0.1) is 0 Å². The van der Waals surface area contributed by atoms with E-state index in [1.807, 2.05) is 31.2 Å². The number of benzene rings is 1. The quantitative estimate of drug-likeness (QED) is 0.499. The largest absolute Gasteiger partial charge is 0.490 e. The molecule has 4 unspecified atom stereocenters. The van der Waals surface area contributed by atoms with Crippen LogP contribution in [0.5, 0.6) is 11.5 Å². The fourth-order valence-electron chi connectivity index (χ4n) is 5.44. The van der Waals surface area contributed by atoms with Gasteiger partial charge in [0.2, 0.25) is 0 Å². The summed E-state index contributed by atoms with van der Waals surface area (Å²) >= 11 is 0. The molecule has 7 heteroatoms. The lowest BCUT2D eigenvalue weighted by atomic mass is 9.74. The number of ketones is 1. The van der Waals surface area contributed by atoms with Crippen LogP contribution in [0.3, 0.4) is 0 Å². The van der Waals surface area contributed by atoms with Crippen LogP contribution in [-0.4, -0.2) is 35.9 Å². The Bertz CT molecular complexity index is 1150. The van der Waals surface area contributed by atoms with Crippen molar-refractivity contribution in [1.82, 2.24) is 4.90 Å². The van der Waals surface area contributed by atoms with E-state index in [4.69, 9.17) is 18.6 Å². The molecule has 2 aromatic rings. The van der Waals surface area contributed by atoms with Crippen molar-refractivity contribution in [2.24, 2.45) is 11.8 Å². The maximum atomic E-state index is 13.9. The van der Waals surface area contributed by atoms with Gasteiger partial charge in [0.05, 0.1) is 36.9 Å². The number of Topliss-reactive ketones (excluding diaryl/α,β-unsaturated/α-hetero) is 1. The van der Waals surface area contributed by atoms with Gasteiger partial charge in [-0.1, -0.05) is 25.6 Å². The molecule has 7 nitrogen and oxygen atoms in total. The summed E-state index contributed by atoms with van der Waals surface area (Å²) in [6.45, 7) is 8.79. The molecule has 1 amide bonds. The Kier molecular flexibility index (Phi) is 6.41. The number of ether oxygens (including phenoxy) is 3. The number of carbonyl (C=O) groups excluding carboxylic acids is 2. The van der Waals surface area contributed by atoms with Gasteiger partial charge in [0, 0.05) is 0 Å². The smallest absolute Gasteiger partial charge is 0.290 e. The molecule has 0 bridgehead atoms. The monoisotopic (exact) mass is 477 g/mol. The first kappa shape index (κ1) is 23.3. The molecular formula is C28H31NO6. The molecule has 5 rings (SSSR count). The van der Waals surface area contributed by atoms with E-state index in [0.717, 1.165) is 24.8 Å². The summed E-state index contributed by atoms with van der Waals surface area (Å²) in [6.07, 6.45) is 5.57. The second-order valence-corrected chi connectivity index (χ2v) is 9.44. The van der Waals surface area contributed by atoms with E-state index in [-0.39, 0.29) is 36.0 Å². The minimum atomic E-state index is -0.596. The van der Waals surface area contributed by atoms with Gasteiger partial charge in [-0.3, -0.25) is 9.59 Å². The average molecular weight is 478 g/mol. The highest BCUT2D eigenvalue weighted by Gasteiger charge is 2.52. The third-order valence-corrected chi connectivity index (χ3v) is 7.05. The Labute approximate surface area is 205 Å². The van der Waals surface area contributed by atoms with Crippen molar-refractivity contribution in [3.05, 3.63) is 71.9 Å². The molecule has 1 aliphatic carbocycles. The molecule has 0 spiro atoms. The van der Waals surface area contributed by atoms with E-state index in [1.54, 1.807) is 23.3 Å². The average Bonchev–Trinajstić information content (AvgIpc) is 3.46. The van der Waals surface area contributed by atoms with E-state index in [9.17, 15) is 9.59 Å². The van der Waals surface area contributed by atoms with Crippen molar-refractivity contribution in [3.63, 3.8) is 0 Å². The van der Waals surface area contributed by atoms with Gasteiger partial charge in [0.1, 0.15) is 18.5 Å². The van der Waals surface area contributed by atoms with Crippen LogP contribution in [0.1, 0.15) is 50.5 Å². The molecule has 0 N–H and O–H groups in total. The first-order valence-electron chi connectivity index (χ1n) is 12.3. The van der Waals surface area contributed by atoms with Gasteiger partial charge in [0.25, 0.3) is 5.91 Å². The van der Waals surface area contributed by atoms with Crippen LogP contribution in [-0.2, 0) is 20.9 Å². The lowest BCUT2D eigenvalue weighted by molar-refractivity contribution is -0.136. The molecule has 184 valence electrons. The van der Waals surface area contributed by atoms with Crippen LogP contribution in [0.25, 0.3) is 0 Å². The predicted octanol–water partition coefficient (Wildman–Crippen LogP) is 4.98. The minimum Gasteiger partial charge on any atom is -0.490 e. The first-order chi connectivity index (χ1) is 17.0. The molecule has 0 saturated heterocycles. The van der Waals surface area contributed by atoms with Gasteiger partial charge in [0.15, 0.2) is 23.0 Å². The van der Waals surface area contributed by atoms with E-state index >= 15 is 0 Å². The van der Waals surface area contributed by atoms with E-state index < -0.39 is 6.04 Å². The Balaban J connectivity index is 1.58. The van der Waals surface area contributed by atoms with Crippen molar-refractivity contribution in [1.29, 1.82) is 0 Å². The standard InChI is InChI=1S/C28H31NO6/c1-4-12-34-22-11-9-18(15-23(22)32-5-2)25-24-26(30)20-14-17(3)8-10-21(20)35-27(24)28(31)29(25)16-19-7-6-13-33-19/h4,6-7,9,11,13,15,17,20-21,25H,1,5,8,10,12,14,16H2,2-3H3. The van der Waals surface area contributed by atoms with Crippen LogP contribution >= 0.6 is 0 Å². The zero-order valence-corrected chi connectivity index (χ0v) is 20.2. The van der Waals surface area contributed by atoms with Crippen molar-refractivity contribution < 1.29 is 28.2 Å². The molecule has 2 aliphatic heterocycles. The SMILES string of the molecule is C=CCOc1ccc(C2C3=C(OC4CCC(C)CC4C3=O)C(=O)N2Cc2ccco2)cc1OCC. The zero-order chi connectivity index (χ0) is 24.5. The number of furan rings is 1. The highest BCUT2D eigenvalue weighted by Crippen LogP contribution is 2.49. The van der Waals surface area contributed by atoms with E-state index in [1.165, 1.54) is 0 Å². The van der Waals surface area contributed by atoms with E-state index in [0.29, 0.717) is 42.0 Å². The van der Waals surface area contributed by atoms with Gasteiger partial charge in [-0.05, 0) is 61.9 Å². The van der Waals surface area contributed by atoms with Crippen molar-refractivity contribution >= 4 is 11.7 Å². The number of carbonyl (C=O) groups is 2. The lowest BCUT2D eigenvalue weighted by Crippen LogP contribution is -2.41. The Morgan fingerprint density at radius 3 is 2.77 bits per heavy atom. The summed E-state index contributed by atoms with van der Waals surface area (Å²) in [7, 11) is 0. The molecule has 1 aromatic heterocycles.